The first-order valence-electron chi connectivity index (χ1n) is 9.50. The van der Waals surface area contributed by atoms with Gasteiger partial charge in [-0.2, -0.15) is 0 Å². The summed E-state index contributed by atoms with van der Waals surface area (Å²) in [7, 11) is 0. The summed E-state index contributed by atoms with van der Waals surface area (Å²) >= 11 is 1.74. The van der Waals surface area contributed by atoms with E-state index >= 15 is 0 Å². The zero-order valence-corrected chi connectivity index (χ0v) is 16.1. The molecular weight excluding hydrogens is 352 g/mol. The highest BCUT2D eigenvalue weighted by Gasteiger charge is 2.25. The normalized spacial score (nSPS) is 16.9. The van der Waals surface area contributed by atoms with Crippen molar-refractivity contribution >= 4 is 22.9 Å². The molecule has 4 rings (SSSR count). The van der Waals surface area contributed by atoms with Crippen molar-refractivity contribution in [3.63, 3.8) is 0 Å². The lowest BCUT2D eigenvalue weighted by molar-refractivity contribution is -0.125. The SMILES string of the molecule is O=C(NCc1ccc(-c2cccs2)cc1)C1CCCN(c2ccccc2)C1. The van der Waals surface area contributed by atoms with Gasteiger partial charge in [0.2, 0.25) is 5.91 Å². The minimum absolute atomic E-state index is 0.0596. The third-order valence-electron chi connectivity index (χ3n) is 5.14. The molecule has 4 heteroatoms. The Hall–Kier alpha value is -2.59. The Balaban J connectivity index is 1.32. The first kappa shape index (κ1) is 17.8. The first-order chi connectivity index (χ1) is 13.3. The summed E-state index contributed by atoms with van der Waals surface area (Å²) in [5.74, 6) is 0.224. The lowest BCUT2D eigenvalue weighted by Crippen LogP contribution is -2.42. The average molecular weight is 377 g/mol. The summed E-state index contributed by atoms with van der Waals surface area (Å²) < 4.78 is 0. The molecule has 1 atom stereocenters. The van der Waals surface area contributed by atoms with Crippen molar-refractivity contribution in [2.75, 3.05) is 18.0 Å². The van der Waals surface area contributed by atoms with Crippen molar-refractivity contribution in [3.8, 4) is 10.4 Å². The summed E-state index contributed by atoms with van der Waals surface area (Å²) in [6.07, 6.45) is 2.02. The average Bonchev–Trinajstić information content (AvgIpc) is 3.28. The van der Waals surface area contributed by atoms with Gasteiger partial charge in [0, 0.05) is 30.2 Å². The van der Waals surface area contributed by atoms with E-state index in [0.717, 1.165) is 31.5 Å². The van der Waals surface area contributed by atoms with Gasteiger partial charge in [-0.25, -0.2) is 0 Å². The van der Waals surface area contributed by atoms with Gasteiger partial charge in [-0.1, -0.05) is 48.5 Å². The Kier molecular flexibility index (Phi) is 5.54. The molecule has 1 unspecified atom stereocenters. The number of carbonyl (C=O) groups excluding carboxylic acids is 1. The van der Waals surface area contributed by atoms with Crippen molar-refractivity contribution < 1.29 is 4.79 Å². The van der Waals surface area contributed by atoms with Gasteiger partial charge in [-0.05, 0) is 47.5 Å². The van der Waals surface area contributed by atoms with Crippen LogP contribution in [0, 0.1) is 5.92 Å². The van der Waals surface area contributed by atoms with Crippen molar-refractivity contribution in [1.29, 1.82) is 0 Å². The van der Waals surface area contributed by atoms with Crippen LogP contribution in [-0.2, 0) is 11.3 Å². The summed E-state index contributed by atoms with van der Waals surface area (Å²) in [5, 5.41) is 5.22. The highest BCUT2D eigenvalue weighted by atomic mass is 32.1. The van der Waals surface area contributed by atoms with Gasteiger partial charge in [-0.3, -0.25) is 4.79 Å². The van der Waals surface area contributed by atoms with Gasteiger partial charge in [-0.15, -0.1) is 11.3 Å². The quantitative estimate of drug-likeness (QED) is 0.683. The number of amides is 1. The molecule has 3 nitrogen and oxygen atoms in total. The molecule has 2 aromatic carbocycles. The fourth-order valence-corrected chi connectivity index (χ4v) is 4.36. The number of hydrogen-bond donors (Lipinski definition) is 1. The molecule has 3 aromatic rings. The molecule has 0 spiro atoms. The van der Waals surface area contributed by atoms with Gasteiger partial charge < -0.3 is 10.2 Å². The van der Waals surface area contributed by atoms with Crippen LogP contribution in [0.5, 0.6) is 0 Å². The van der Waals surface area contributed by atoms with Crippen LogP contribution in [0.2, 0.25) is 0 Å². The number of benzene rings is 2. The van der Waals surface area contributed by atoms with Crippen LogP contribution in [0.1, 0.15) is 18.4 Å². The van der Waals surface area contributed by atoms with Crippen LogP contribution in [0.4, 0.5) is 5.69 Å². The Morgan fingerprint density at radius 3 is 2.59 bits per heavy atom. The van der Waals surface area contributed by atoms with Gasteiger partial charge >= 0.3 is 0 Å². The highest BCUT2D eigenvalue weighted by molar-refractivity contribution is 7.13. The van der Waals surface area contributed by atoms with Crippen LogP contribution in [0.25, 0.3) is 10.4 Å². The van der Waals surface area contributed by atoms with Crippen molar-refractivity contribution in [1.82, 2.24) is 5.32 Å². The number of hydrogen-bond acceptors (Lipinski definition) is 3. The largest absolute Gasteiger partial charge is 0.371 e. The van der Waals surface area contributed by atoms with E-state index in [1.807, 2.05) is 6.07 Å². The Morgan fingerprint density at radius 1 is 1.04 bits per heavy atom. The molecule has 138 valence electrons. The summed E-state index contributed by atoms with van der Waals surface area (Å²) in [6.45, 7) is 2.41. The number of anilines is 1. The number of nitrogens with one attached hydrogen (secondary N) is 1. The third kappa shape index (κ3) is 4.40. The van der Waals surface area contributed by atoms with E-state index in [4.69, 9.17) is 0 Å². The monoisotopic (exact) mass is 376 g/mol. The maximum Gasteiger partial charge on any atom is 0.225 e. The number of para-hydroxylation sites is 1. The van der Waals surface area contributed by atoms with Gasteiger partial charge in [0.15, 0.2) is 0 Å². The number of thiophene rings is 1. The van der Waals surface area contributed by atoms with E-state index in [9.17, 15) is 4.79 Å². The molecule has 1 N–H and O–H groups in total. The Labute approximate surface area is 164 Å². The van der Waals surface area contributed by atoms with Crippen LogP contribution in [0.3, 0.4) is 0 Å². The fraction of sp³-hybridized carbons (Fsp3) is 0.261. The second kappa shape index (κ2) is 8.40. The summed E-state index contributed by atoms with van der Waals surface area (Å²) in [4.78, 5) is 16.3. The molecule has 27 heavy (non-hydrogen) atoms. The van der Waals surface area contributed by atoms with E-state index in [1.165, 1.54) is 16.1 Å². The molecule has 0 bridgehead atoms. The van der Waals surface area contributed by atoms with E-state index in [0.29, 0.717) is 6.54 Å². The lowest BCUT2D eigenvalue weighted by Gasteiger charge is -2.33. The smallest absolute Gasteiger partial charge is 0.225 e. The topological polar surface area (TPSA) is 32.3 Å². The van der Waals surface area contributed by atoms with E-state index in [-0.39, 0.29) is 11.8 Å². The van der Waals surface area contributed by atoms with Gasteiger partial charge in [0.05, 0.1) is 5.92 Å². The first-order valence-corrected chi connectivity index (χ1v) is 10.4. The Morgan fingerprint density at radius 2 is 1.85 bits per heavy atom. The van der Waals surface area contributed by atoms with Crippen molar-refractivity contribution in [2.24, 2.45) is 5.92 Å². The van der Waals surface area contributed by atoms with Crippen molar-refractivity contribution in [3.05, 3.63) is 77.7 Å². The predicted molar refractivity (Wildman–Crippen MR) is 113 cm³/mol. The van der Waals surface area contributed by atoms with E-state index < -0.39 is 0 Å². The number of rotatable bonds is 5. The molecule has 1 aromatic heterocycles. The van der Waals surface area contributed by atoms with Crippen LogP contribution < -0.4 is 10.2 Å². The van der Waals surface area contributed by atoms with Crippen LogP contribution in [0.15, 0.2) is 72.1 Å². The second-order valence-electron chi connectivity index (χ2n) is 7.01. The molecule has 2 heterocycles. The van der Waals surface area contributed by atoms with Gasteiger partial charge in [0.25, 0.3) is 0 Å². The molecular formula is C23H24N2OS. The second-order valence-corrected chi connectivity index (χ2v) is 7.96. The van der Waals surface area contributed by atoms with E-state index in [1.54, 1.807) is 11.3 Å². The van der Waals surface area contributed by atoms with E-state index in [2.05, 4.69) is 76.3 Å². The highest BCUT2D eigenvalue weighted by Crippen LogP contribution is 2.25. The lowest BCUT2D eigenvalue weighted by atomic mass is 9.96. The molecule has 1 fully saturated rings. The molecule has 0 radical (unpaired) electrons. The van der Waals surface area contributed by atoms with Gasteiger partial charge in [0.1, 0.15) is 0 Å². The minimum atomic E-state index is 0.0596. The fourth-order valence-electron chi connectivity index (χ4n) is 3.63. The number of piperidine rings is 1. The maximum atomic E-state index is 12.7. The molecule has 1 amide bonds. The third-order valence-corrected chi connectivity index (χ3v) is 6.06. The minimum Gasteiger partial charge on any atom is -0.371 e. The molecule has 1 saturated heterocycles. The van der Waals surface area contributed by atoms with Crippen LogP contribution in [-0.4, -0.2) is 19.0 Å². The zero-order valence-electron chi connectivity index (χ0n) is 15.3. The maximum absolute atomic E-state index is 12.7. The molecule has 1 aliphatic heterocycles. The van der Waals surface area contributed by atoms with Crippen molar-refractivity contribution in [2.45, 2.75) is 19.4 Å². The molecule has 0 aliphatic carbocycles. The predicted octanol–water partition coefficient (Wildman–Crippen LogP) is 4.95. The standard InChI is InChI=1S/C23H24N2OS/c26-23(20-6-4-14-25(17-20)21-7-2-1-3-8-21)24-16-18-10-12-19(13-11-18)22-9-5-15-27-22/h1-3,5,7-13,15,20H,4,6,14,16-17H2,(H,24,26). The number of nitrogens with zero attached hydrogens (tertiary/aromatic N) is 1. The summed E-state index contributed by atoms with van der Waals surface area (Å²) in [6, 6.07) is 23.0. The number of carbonyl (C=O) groups is 1. The summed E-state index contributed by atoms with van der Waals surface area (Å²) in [5.41, 5.74) is 3.57. The molecule has 0 saturated carbocycles. The van der Waals surface area contributed by atoms with Crippen LogP contribution >= 0.6 is 11.3 Å². The zero-order chi connectivity index (χ0) is 18.5. The Bertz CT molecular complexity index is 859. The molecule has 1 aliphatic rings.